The van der Waals surface area contributed by atoms with Gasteiger partial charge in [-0.05, 0) is 60.4 Å². The van der Waals surface area contributed by atoms with Crippen molar-refractivity contribution in [3.8, 4) is 11.4 Å². The topological polar surface area (TPSA) is 84.7 Å². The minimum Gasteiger partial charge on any atom is -0.483 e. The predicted octanol–water partition coefficient (Wildman–Crippen LogP) is 5.16. The van der Waals surface area contributed by atoms with Crippen LogP contribution >= 0.6 is 11.6 Å². The first-order valence-corrected chi connectivity index (χ1v) is 15.9. The van der Waals surface area contributed by atoms with Crippen LogP contribution in [-0.4, -0.2) is 54.8 Å². The van der Waals surface area contributed by atoms with Crippen molar-refractivity contribution in [1.29, 1.82) is 0 Å². The number of nitrogens with zero attached hydrogens (tertiary/aromatic N) is 4. The van der Waals surface area contributed by atoms with Crippen molar-refractivity contribution in [3.05, 3.63) is 81.2 Å². The van der Waals surface area contributed by atoms with Gasteiger partial charge in [-0.2, -0.15) is 14.1 Å². The van der Waals surface area contributed by atoms with E-state index in [0.717, 1.165) is 31.2 Å². The van der Waals surface area contributed by atoms with Crippen molar-refractivity contribution in [3.63, 3.8) is 0 Å². The van der Waals surface area contributed by atoms with Gasteiger partial charge in [0.1, 0.15) is 5.69 Å². The Bertz CT molecular complexity index is 1500. The molecule has 0 spiro atoms. The van der Waals surface area contributed by atoms with Gasteiger partial charge in [0.15, 0.2) is 0 Å². The number of piperazine rings is 1. The maximum Gasteiger partial charge on any atom is 0.316 e. The van der Waals surface area contributed by atoms with Crippen LogP contribution in [0, 0.1) is 0 Å². The SMILES string of the molecule is CC(C)(C)c1ccc(CS(=O)(=O)N2CCN(c3cnn(-c4cccc(Cl)c4)c(=O)c3OC3CCCC3)CC2)cc1. The minimum atomic E-state index is -3.49. The molecule has 8 nitrogen and oxygen atoms in total. The van der Waals surface area contributed by atoms with Gasteiger partial charge in [0.2, 0.25) is 15.8 Å². The third-order valence-electron chi connectivity index (χ3n) is 7.70. The molecule has 2 fully saturated rings. The number of ether oxygens (including phenoxy) is 1. The Balaban J connectivity index is 1.34. The van der Waals surface area contributed by atoms with E-state index in [4.69, 9.17) is 16.3 Å². The quantitative estimate of drug-likeness (QED) is 0.381. The third-order valence-corrected chi connectivity index (χ3v) is 9.78. The fourth-order valence-corrected chi connectivity index (χ4v) is 7.04. The molecule has 3 aromatic rings. The lowest BCUT2D eigenvalue weighted by atomic mass is 9.87. The van der Waals surface area contributed by atoms with Gasteiger partial charge in [-0.25, -0.2) is 8.42 Å². The first kappa shape index (κ1) is 28.6. The molecule has 2 aliphatic rings. The van der Waals surface area contributed by atoms with Gasteiger partial charge < -0.3 is 9.64 Å². The van der Waals surface area contributed by atoms with Gasteiger partial charge in [0.05, 0.1) is 23.7 Å². The molecule has 0 unspecified atom stereocenters. The summed E-state index contributed by atoms with van der Waals surface area (Å²) < 4.78 is 35.7. The molecule has 0 bridgehead atoms. The lowest BCUT2D eigenvalue weighted by molar-refractivity contribution is 0.205. The number of anilines is 1. The summed E-state index contributed by atoms with van der Waals surface area (Å²) in [4.78, 5) is 15.6. The van der Waals surface area contributed by atoms with Crippen LogP contribution in [0.1, 0.15) is 57.6 Å². The van der Waals surface area contributed by atoms with Gasteiger partial charge in [0, 0.05) is 31.2 Å². The smallest absolute Gasteiger partial charge is 0.316 e. The first-order chi connectivity index (χ1) is 19.0. The number of rotatable bonds is 7. The minimum absolute atomic E-state index is 0.0116. The zero-order chi connectivity index (χ0) is 28.5. The van der Waals surface area contributed by atoms with Crippen LogP contribution in [0.2, 0.25) is 5.02 Å². The van der Waals surface area contributed by atoms with Crippen LogP contribution in [0.4, 0.5) is 5.69 Å². The third kappa shape index (κ3) is 6.37. The Morgan fingerprint density at radius 3 is 2.30 bits per heavy atom. The highest BCUT2D eigenvalue weighted by molar-refractivity contribution is 7.88. The highest BCUT2D eigenvalue weighted by Gasteiger charge is 2.31. The number of halogens is 1. The molecule has 0 N–H and O–H groups in total. The Labute approximate surface area is 241 Å². The van der Waals surface area contributed by atoms with Crippen LogP contribution in [0.3, 0.4) is 0 Å². The van der Waals surface area contributed by atoms with Crippen LogP contribution in [0.5, 0.6) is 5.75 Å². The second-order valence-corrected chi connectivity index (χ2v) is 14.1. The summed E-state index contributed by atoms with van der Waals surface area (Å²) in [5, 5.41) is 4.95. The molecule has 1 saturated heterocycles. The van der Waals surface area contributed by atoms with Crippen molar-refractivity contribution < 1.29 is 13.2 Å². The zero-order valence-corrected chi connectivity index (χ0v) is 24.9. The second kappa shape index (κ2) is 11.5. The van der Waals surface area contributed by atoms with Gasteiger partial charge in [0.25, 0.3) is 0 Å². The zero-order valence-electron chi connectivity index (χ0n) is 23.3. The van der Waals surface area contributed by atoms with E-state index in [1.165, 1.54) is 10.2 Å². The number of sulfonamides is 1. The van der Waals surface area contributed by atoms with Crippen molar-refractivity contribution >= 4 is 27.3 Å². The maximum atomic E-state index is 13.6. The van der Waals surface area contributed by atoms with E-state index in [-0.39, 0.29) is 28.6 Å². The fraction of sp³-hybridized carbons (Fsp3) is 0.467. The van der Waals surface area contributed by atoms with Crippen LogP contribution in [0.25, 0.3) is 5.69 Å². The van der Waals surface area contributed by atoms with Crippen molar-refractivity contribution in [1.82, 2.24) is 14.1 Å². The largest absolute Gasteiger partial charge is 0.483 e. The van der Waals surface area contributed by atoms with Crippen molar-refractivity contribution in [2.45, 2.75) is 63.7 Å². The summed E-state index contributed by atoms with van der Waals surface area (Å²) in [6.45, 7) is 7.92. The number of hydrogen-bond acceptors (Lipinski definition) is 6. The summed E-state index contributed by atoms with van der Waals surface area (Å²) in [5.41, 5.74) is 2.77. The Morgan fingerprint density at radius 1 is 1.00 bits per heavy atom. The van der Waals surface area contributed by atoms with Crippen molar-refractivity contribution in [2.24, 2.45) is 0 Å². The molecule has 5 rings (SSSR count). The summed E-state index contributed by atoms with van der Waals surface area (Å²) in [6.07, 6.45) is 5.58. The molecule has 1 saturated carbocycles. The van der Waals surface area contributed by atoms with Gasteiger partial charge >= 0.3 is 5.56 Å². The van der Waals surface area contributed by atoms with E-state index in [1.807, 2.05) is 29.2 Å². The Hall–Kier alpha value is -2.88. The van der Waals surface area contributed by atoms with E-state index in [2.05, 4.69) is 25.9 Å². The summed E-state index contributed by atoms with van der Waals surface area (Å²) >= 11 is 6.17. The molecule has 0 radical (unpaired) electrons. The molecular weight excluding hydrogens is 548 g/mol. The van der Waals surface area contributed by atoms with Crippen LogP contribution in [0.15, 0.2) is 59.5 Å². The molecule has 1 aliphatic heterocycles. The monoisotopic (exact) mass is 584 g/mol. The number of aromatic nitrogens is 2. The van der Waals surface area contributed by atoms with Crippen molar-refractivity contribution in [2.75, 3.05) is 31.1 Å². The maximum absolute atomic E-state index is 13.6. The highest BCUT2D eigenvalue weighted by Crippen LogP contribution is 2.31. The number of benzene rings is 2. The molecule has 0 atom stereocenters. The summed E-state index contributed by atoms with van der Waals surface area (Å²) in [7, 11) is -3.49. The number of hydrogen-bond donors (Lipinski definition) is 0. The molecule has 214 valence electrons. The fourth-order valence-electron chi connectivity index (χ4n) is 5.34. The summed E-state index contributed by atoms with van der Waals surface area (Å²) in [5.74, 6) is 0.224. The molecular formula is C30H37ClN4O4S. The molecule has 2 heterocycles. The second-order valence-electron chi connectivity index (χ2n) is 11.7. The van der Waals surface area contributed by atoms with Gasteiger partial charge in [-0.1, -0.05) is 62.7 Å². The van der Waals surface area contributed by atoms with Crippen LogP contribution < -0.4 is 15.2 Å². The molecule has 40 heavy (non-hydrogen) atoms. The lowest BCUT2D eigenvalue weighted by Crippen LogP contribution is -2.49. The normalized spacial score (nSPS) is 17.4. The van der Waals surface area contributed by atoms with Gasteiger partial charge in [-0.15, -0.1) is 0 Å². The van der Waals surface area contributed by atoms with E-state index < -0.39 is 10.0 Å². The Kier molecular flexibility index (Phi) is 8.27. The molecule has 10 heteroatoms. The van der Waals surface area contributed by atoms with E-state index in [0.29, 0.717) is 42.6 Å². The standard InChI is InChI=1S/C30H37ClN4O4S/c1-30(2,3)23-13-11-22(12-14-23)21-40(37,38)34-17-15-33(16-18-34)27-20-32-35(25-8-6-7-24(31)19-25)29(36)28(27)39-26-9-4-5-10-26/h6-8,11-14,19-20,26H,4-5,9-10,15-18,21H2,1-3H3. The lowest BCUT2D eigenvalue weighted by Gasteiger charge is -2.36. The first-order valence-electron chi connectivity index (χ1n) is 13.9. The van der Waals surface area contributed by atoms with Crippen LogP contribution in [-0.2, 0) is 21.2 Å². The molecule has 2 aromatic carbocycles. The van der Waals surface area contributed by atoms with E-state index in [9.17, 15) is 13.2 Å². The van der Waals surface area contributed by atoms with Gasteiger partial charge in [-0.3, -0.25) is 4.79 Å². The molecule has 1 aromatic heterocycles. The summed E-state index contributed by atoms with van der Waals surface area (Å²) in [6, 6.07) is 14.8. The average Bonchev–Trinajstić information content (AvgIpc) is 3.43. The van der Waals surface area contributed by atoms with E-state index >= 15 is 0 Å². The van der Waals surface area contributed by atoms with E-state index in [1.54, 1.807) is 34.8 Å². The molecule has 0 amide bonds. The Morgan fingerprint density at radius 2 is 1.68 bits per heavy atom. The predicted molar refractivity (Wildman–Crippen MR) is 159 cm³/mol. The highest BCUT2D eigenvalue weighted by atomic mass is 35.5. The average molecular weight is 585 g/mol. The molecule has 1 aliphatic carbocycles.